The molecule has 0 saturated heterocycles. The van der Waals surface area contributed by atoms with Crippen LogP contribution in [-0.4, -0.2) is 11.9 Å². The number of hydrogen-bond acceptors (Lipinski definition) is 1. The summed E-state index contributed by atoms with van der Waals surface area (Å²) in [6.07, 6.45) is 10.6. The Kier molecular flexibility index (Phi) is 8.66. The van der Waals surface area contributed by atoms with Crippen molar-refractivity contribution in [3.8, 4) is 5.75 Å². The minimum absolute atomic E-state index is 0.834. The van der Waals surface area contributed by atoms with Crippen LogP contribution in [0.1, 0.15) is 44.6 Å². The lowest BCUT2D eigenvalue weighted by Crippen LogP contribution is -1.97. The predicted octanol–water partition coefficient (Wildman–Crippen LogP) is 5.44. The summed E-state index contributed by atoms with van der Waals surface area (Å²) in [5.41, 5.74) is 1.21. The van der Waals surface area contributed by atoms with Gasteiger partial charge in [0, 0.05) is 5.33 Å². The van der Waals surface area contributed by atoms with E-state index >= 15 is 0 Å². The molecule has 0 fully saturated rings. The van der Waals surface area contributed by atoms with Gasteiger partial charge >= 0.3 is 0 Å². The Morgan fingerprint density at radius 1 is 1.06 bits per heavy atom. The van der Waals surface area contributed by atoms with Crippen LogP contribution in [0.2, 0.25) is 0 Å². The Bertz CT molecular complexity index is 329. The van der Waals surface area contributed by atoms with Gasteiger partial charge in [0.05, 0.1) is 6.61 Å². The molecule has 0 aliphatic carbocycles. The number of allylic oxidation sites excluding steroid dienone is 1. The second-order valence-electron chi connectivity index (χ2n) is 4.39. The van der Waals surface area contributed by atoms with E-state index in [1.54, 1.807) is 0 Å². The van der Waals surface area contributed by atoms with E-state index in [0.717, 1.165) is 24.1 Å². The number of ether oxygens (including phenoxy) is 1. The molecule has 18 heavy (non-hydrogen) atoms. The van der Waals surface area contributed by atoms with Crippen LogP contribution in [0.15, 0.2) is 30.3 Å². The maximum Gasteiger partial charge on any atom is 0.119 e. The fraction of sp³-hybridized carbons (Fsp3) is 0.500. The van der Waals surface area contributed by atoms with Crippen LogP contribution < -0.4 is 4.74 Å². The first-order valence-electron chi connectivity index (χ1n) is 6.82. The van der Waals surface area contributed by atoms with E-state index in [2.05, 4.69) is 47.1 Å². The summed E-state index contributed by atoms with van der Waals surface area (Å²) in [6.45, 7) is 3.07. The molecule has 0 spiro atoms. The second-order valence-corrected chi connectivity index (χ2v) is 5.04. The maximum absolute atomic E-state index is 5.71. The van der Waals surface area contributed by atoms with E-state index in [1.807, 2.05) is 12.1 Å². The van der Waals surface area contributed by atoms with E-state index in [0.29, 0.717) is 0 Å². The molecule has 0 amide bonds. The van der Waals surface area contributed by atoms with Crippen LogP contribution in [-0.2, 0) is 0 Å². The van der Waals surface area contributed by atoms with Crippen molar-refractivity contribution in [2.24, 2.45) is 0 Å². The predicted molar refractivity (Wildman–Crippen MR) is 83.5 cm³/mol. The van der Waals surface area contributed by atoms with Gasteiger partial charge in [-0.05, 0) is 24.1 Å². The monoisotopic (exact) mass is 310 g/mol. The van der Waals surface area contributed by atoms with Crippen LogP contribution in [0.3, 0.4) is 0 Å². The van der Waals surface area contributed by atoms with Crippen molar-refractivity contribution in [3.63, 3.8) is 0 Å². The highest BCUT2D eigenvalue weighted by Gasteiger charge is 1.94. The normalized spacial score (nSPS) is 11.0. The summed E-state index contributed by atoms with van der Waals surface area (Å²) >= 11 is 3.37. The van der Waals surface area contributed by atoms with Gasteiger partial charge in [-0.2, -0.15) is 0 Å². The molecule has 0 unspecified atom stereocenters. The third kappa shape index (κ3) is 6.85. The third-order valence-corrected chi connectivity index (χ3v) is 3.17. The van der Waals surface area contributed by atoms with Gasteiger partial charge in [-0.3, -0.25) is 0 Å². The molecule has 0 radical (unpaired) electrons. The zero-order valence-corrected chi connectivity index (χ0v) is 12.8. The molecule has 1 aromatic rings. The summed E-state index contributed by atoms with van der Waals surface area (Å²) < 4.78 is 5.71. The summed E-state index contributed by atoms with van der Waals surface area (Å²) in [4.78, 5) is 0. The van der Waals surface area contributed by atoms with Gasteiger partial charge in [0.25, 0.3) is 0 Å². The molecule has 0 N–H and O–H groups in total. The Labute approximate surface area is 119 Å². The van der Waals surface area contributed by atoms with Crippen molar-refractivity contribution in [2.75, 3.05) is 11.9 Å². The van der Waals surface area contributed by atoms with Gasteiger partial charge in [-0.15, -0.1) is 0 Å². The zero-order chi connectivity index (χ0) is 13.1. The standard InChI is InChI=1S/C16H23BrO/c1-2-3-4-5-6-14-18-16-11-9-15(10-12-16)8-7-13-17/h7-12H,2-6,13-14H2,1H3. The Hall–Kier alpha value is -0.760. The van der Waals surface area contributed by atoms with Gasteiger partial charge in [0.2, 0.25) is 0 Å². The first-order chi connectivity index (χ1) is 8.86. The molecule has 0 bridgehead atoms. The van der Waals surface area contributed by atoms with E-state index in [9.17, 15) is 0 Å². The lowest BCUT2D eigenvalue weighted by molar-refractivity contribution is 0.304. The van der Waals surface area contributed by atoms with E-state index in [1.165, 1.54) is 31.2 Å². The number of benzene rings is 1. The van der Waals surface area contributed by atoms with E-state index in [-0.39, 0.29) is 0 Å². The van der Waals surface area contributed by atoms with Gasteiger partial charge < -0.3 is 4.74 Å². The molecular weight excluding hydrogens is 288 g/mol. The molecule has 0 aliphatic rings. The minimum Gasteiger partial charge on any atom is -0.494 e. The van der Waals surface area contributed by atoms with Crippen LogP contribution in [0.5, 0.6) is 5.75 Å². The lowest BCUT2D eigenvalue weighted by atomic mass is 10.2. The summed E-state index contributed by atoms with van der Waals surface area (Å²) in [5, 5.41) is 0.892. The van der Waals surface area contributed by atoms with Crippen molar-refractivity contribution < 1.29 is 4.74 Å². The highest BCUT2D eigenvalue weighted by molar-refractivity contribution is 9.09. The first kappa shape index (κ1) is 15.3. The summed E-state index contributed by atoms with van der Waals surface area (Å²) in [6, 6.07) is 8.26. The molecule has 2 heteroatoms. The lowest BCUT2D eigenvalue weighted by Gasteiger charge is -2.06. The first-order valence-corrected chi connectivity index (χ1v) is 7.94. The number of halogens is 1. The number of unbranched alkanes of at least 4 members (excludes halogenated alkanes) is 4. The van der Waals surface area contributed by atoms with Crippen molar-refractivity contribution in [2.45, 2.75) is 39.0 Å². The number of alkyl halides is 1. The van der Waals surface area contributed by atoms with Gasteiger partial charge in [-0.25, -0.2) is 0 Å². The van der Waals surface area contributed by atoms with Crippen LogP contribution in [0.25, 0.3) is 6.08 Å². The third-order valence-electron chi connectivity index (χ3n) is 2.80. The van der Waals surface area contributed by atoms with Crippen molar-refractivity contribution >= 4 is 22.0 Å². The van der Waals surface area contributed by atoms with Gasteiger partial charge in [0.1, 0.15) is 5.75 Å². The SMILES string of the molecule is CCCCCCCOc1ccc(C=CCBr)cc1. The maximum atomic E-state index is 5.71. The molecule has 0 aliphatic heterocycles. The van der Waals surface area contributed by atoms with Crippen LogP contribution in [0, 0.1) is 0 Å². The number of rotatable bonds is 9. The van der Waals surface area contributed by atoms with Gasteiger partial charge in [-0.1, -0.05) is 72.8 Å². The van der Waals surface area contributed by atoms with Crippen LogP contribution in [0.4, 0.5) is 0 Å². The Balaban J connectivity index is 2.20. The van der Waals surface area contributed by atoms with E-state index in [4.69, 9.17) is 4.74 Å². The van der Waals surface area contributed by atoms with Crippen molar-refractivity contribution in [3.05, 3.63) is 35.9 Å². The zero-order valence-electron chi connectivity index (χ0n) is 11.2. The highest BCUT2D eigenvalue weighted by Crippen LogP contribution is 2.14. The fourth-order valence-electron chi connectivity index (χ4n) is 1.75. The second kappa shape index (κ2) is 10.2. The van der Waals surface area contributed by atoms with Crippen LogP contribution >= 0.6 is 15.9 Å². The molecule has 100 valence electrons. The molecule has 1 nitrogen and oxygen atoms in total. The number of hydrogen-bond donors (Lipinski definition) is 0. The molecule has 1 aromatic carbocycles. The smallest absolute Gasteiger partial charge is 0.119 e. The largest absolute Gasteiger partial charge is 0.494 e. The van der Waals surface area contributed by atoms with Crippen molar-refractivity contribution in [1.29, 1.82) is 0 Å². The molecular formula is C16H23BrO. The molecule has 0 aromatic heterocycles. The fourth-order valence-corrected chi connectivity index (χ4v) is 1.94. The van der Waals surface area contributed by atoms with Crippen molar-refractivity contribution in [1.82, 2.24) is 0 Å². The highest BCUT2D eigenvalue weighted by atomic mass is 79.9. The van der Waals surface area contributed by atoms with Gasteiger partial charge in [0.15, 0.2) is 0 Å². The average Bonchev–Trinajstić information content (AvgIpc) is 2.42. The molecule has 0 saturated carbocycles. The Morgan fingerprint density at radius 2 is 1.78 bits per heavy atom. The van der Waals surface area contributed by atoms with E-state index < -0.39 is 0 Å². The topological polar surface area (TPSA) is 9.23 Å². The summed E-state index contributed by atoms with van der Waals surface area (Å²) in [7, 11) is 0. The quantitative estimate of drug-likeness (QED) is 0.435. The molecule has 0 atom stereocenters. The molecule has 0 heterocycles. The average molecular weight is 311 g/mol. The Morgan fingerprint density at radius 3 is 2.44 bits per heavy atom. The summed E-state index contributed by atoms with van der Waals surface area (Å²) in [5.74, 6) is 0.974. The molecule has 1 rings (SSSR count). The minimum atomic E-state index is 0.834.